The number of anilines is 3. The maximum Gasteiger partial charge on any atom is 0.143 e. The predicted octanol–water partition coefficient (Wildman–Crippen LogP) is 16.3. The maximum atomic E-state index is 6.72. The van der Waals surface area contributed by atoms with E-state index in [1.807, 2.05) is 18.2 Å². The van der Waals surface area contributed by atoms with Crippen molar-refractivity contribution in [1.29, 1.82) is 0 Å². The Morgan fingerprint density at radius 3 is 1.66 bits per heavy atom. The minimum Gasteiger partial charge on any atom is -0.456 e. The molecule has 0 aliphatic rings. The lowest BCUT2D eigenvalue weighted by Gasteiger charge is -2.32. The minimum absolute atomic E-state index is 0.836. The number of fused-ring (bicyclic) bond motifs is 9. The van der Waals surface area contributed by atoms with Crippen LogP contribution in [-0.4, -0.2) is 0 Å². The van der Waals surface area contributed by atoms with Crippen molar-refractivity contribution in [2.75, 3.05) is 4.90 Å². The zero-order chi connectivity index (χ0) is 38.9. The van der Waals surface area contributed by atoms with E-state index in [4.69, 9.17) is 8.83 Å². The van der Waals surface area contributed by atoms with Crippen LogP contribution in [0.25, 0.3) is 98.8 Å². The topological polar surface area (TPSA) is 29.5 Å². The first-order chi connectivity index (χ1) is 29.3. The van der Waals surface area contributed by atoms with Gasteiger partial charge in [0.25, 0.3) is 0 Å². The number of furan rings is 2. The van der Waals surface area contributed by atoms with Gasteiger partial charge in [-0.05, 0) is 69.2 Å². The van der Waals surface area contributed by atoms with Gasteiger partial charge in [0.2, 0.25) is 0 Å². The van der Waals surface area contributed by atoms with Gasteiger partial charge in [0.05, 0.1) is 11.4 Å². The van der Waals surface area contributed by atoms with Gasteiger partial charge in [-0.1, -0.05) is 170 Å². The van der Waals surface area contributed by atoms with E-state index >= 15 is 0 Å². The Hall–Kier alpha value is -7.88. The summed E-state index contributed by atoms with van der Waals surface area (Å²) in [6.45, 7) is 0. The molecule has 0 N–H and O–H groups in total. The molecular formula is C56H35NO2. The van der Waals surface area contributed by atoms with E-state index in [9.17, 15) is 0 Å². The van der Waals surface area contributed by atoms with Crippen LogP contribution in [0.1, 0.15) is 0 Å². The van der Waals surface area contributed by atoms with Crippen LogP contribution in [0.4, 0.5) is 17.1 Å². The Morgan fingerprint density at radius 2 is 0.847 bits per heavy atom. The van der Waals surface area contributed by atoms with Crippen LogP contribution >= 0.6 is 0 Å². The number of nitrogens with zero attached hydrogens (tertiary/aromatic N) is 1. The molecule has 0 fully saturated rings. The standard InChI is InChI=1S/C56H35NO2/c1-2-16-36(17-3-1)37-18-14-19-38(34-37)54-46-25-6-4-20-40(46)41-21-5-7-26-47(41)55(54)57(39-32-33-45-43-23-9-12-30-51(43)58-53(45)35-39)50-29-11-8-22-42(50)48-27-15-28-49-44-24-10-13-31-52(44)59-56(48)49/h1-35H. The summed E-state index contributed by atoms with van der Waals surface area (Å²) < 4.78 is 13.3. The SMILES string of the molecule is c1ccc(-c2cccc(-c3c(N(c4ccc5c(c4)oc4ccccc45)c4ccccc4-c4cccc5c4oc4ccccc45)c4ccccc4c4ccccc34)c2)cc1. The number of rotatable bonds is 6. The second-order valence-electron chi connectivity index (χ2n) is 15.2. The fourth-order valence-electron chi connectivity index (χ4n) is 9.23. The van der Waals surface area contributed by atoms with Gasteiger partial charge >= 0.3 is 0 Å². The zero-order valence-electron chi connectivity index (χ0n) is 32.0. The molecule has 0 bridgehead atoms. The highest BCUT2D eigenvalue weighted by Crippen LogP contribution is 2.52. The number of benzene rings is 10. The molecule has 0 atom stereocenters. The summed E-state index contributed by atoms with van der Waals surface area (Å²) in [4.78, 5) is 2.46. The molecule has 12 aromatic rings. The van der Waals surface area contributed by atoms with E-state index in [0.717, 1.165) is 88.6 Å². The molecule has 0 aliphatic carbocycles. The van der Waals surface area contributed by atoms with Gasteiger partial charge in [0, 0.05) is 55.4 Å². The van der Waals surface area contributed by atoms with Gasteiger partial charge in [0.15, 0.2) is 0 Å². The molecule has 59 heavy (non-hydrogen) atoms. The van der Waals surface area contributed by atoms with Gasteiger partial charge in [-0.3, -0.25) is 0 Å². The first kappa shape index (κ1) is 33.3. The number of para-hydroxylation sites is 4. The van der Waals surface area contributed by atoms with E-state index in [-0.39, 0.29) is 0 Å². The quantitative estimate of drug-likeness (QED) is 0.158. The molecule has 3 heteroatoms. The highest BCUT2D eigenvalue weighted by atomic mass is 16.3. The fraction of sp³-hybridized carbons (Fsp3) is 0. The highest BCUT2D eigenvalue weighted by molar-refractivity contribution is 6.23. The molecule has 0 saturated carbocycles. The molecule has 2 aromatic heterocycles. The van der Waals surface area contributed by atoms with Crippen molar-refractivity contribution in [2.24, 2.45) is 0 Å². The molecule has 12 rings (SSSR count). The Balaban J connectivity index is 1.22. The van der Waals surface area contributed by atoms with Crippen LogP contribution in [0.15, 0.2) is 221 Å². The smallest absolute Gasteiger partial charge is 0.143 e. The van der Waals surface area contributed by atoms with Crippen molar-refractivity contribution in [2.45, 2.75) is 0 Å². The van der Waals surface area contributed by atoms with E-state index in [1.165, 1.54) is 27.3 Å². The molecule has 276 valence electrons. The van der Waals surface area contributed by atoms with Crippen molar-refractivity contribution in [3.63, 3.8) is 0 Å². The van der Waals surface area contributed by atoms with E-state index in [2.05, 4.69) is 199 Å². The number of hydrogen-bond acceptors (Lipinski definition) is 3. The van der Waals surface area contributed by atoms with Gasteiger partial charge in [-0.15, -0.1) is 0 Å². The molecule has 0 unspecified atom stereocenters. The summed E-state index contributed by atoms with van der Waals surface area (Å²) in [5.74, 6) is 0. The van der Waals surface area contributed by atoms with Crippen LogP contribution in [0.2, 0.25) is 0 Å². The molecule has 10 aromatic carbocycles. The van der Waals surface area contributed by atoms with Crippen LogP contribution in [-0.2, 0) is 0 Å². The molecule has 0 aliphatic heterocycles. The van der Waals surface area contributed by atoms with Crippen LogP contribution in [0.5, 0.6) is 0 Å². The van der Waals surface area contributed by atoms with Crippen LogP contribution in [0, 0.1) is 0 Å². The van der Waals surface area contributed by atoms with Crippen molar-refractivity contribution in [3.8, 4) is 33.4 Å². The van der Waals surface area contributed by atoms with E-state index in [0.29, 0.717) is 0 Å². The third-order valence-corrected chi connectivity index (χ3v) is 11.8. The average Bonchev–Trinajstić information content (AvgIpc) is 3.88. The predicted molar refractivity (Wildman–Crippen MR) is 247 cm³/mol. The molecular weight excluding hydrogens is 719 g/mol. The summed E-state index contributed by atoms with van der Waals surface area (Å²) >= 11 is 0. The molecule has 0 amide bonds. The Morgan fingerprint density at radius 1 is 0.305 bits per heavy atom. The summed E-state index contributed by atoms with van der Waals surface area (Å²) in [5, 5.41) is 9.11. The highest BCUT2D eigenvalue weighted by Gasteiger charge is 2.27. The van der Waals surface area contributed by atoms with Crippen molar-refractivity contribution < 1.29 is 8.83 Å². The molecule has 2 heterocycles. The fourth-order valence-corrected chi connectivity index (χ4v) is 9.23. The third-order valence-electron chi connectivity index (χ3n) is 11.8. The van der Waals surface area contributed by atoms with Crippen molar-refractivity contribution in [1.82, 2.24) is 0 Å². The van der Waals surface area contributed by atoms with Crippen molar-refractivity contribution in [3.05, 3.63) is 212 Å². The molecule has 0 spiro atoms. The largest absolute Gasteiger partial charge is 0.456 e. The first-order valence-electron chi connectivity index (χ1n) is 20.1. The summed E-state index contributed by atoms with van der Waals surface area (Å²) in [7, 11) is 0. The summed E-state index contributed by atoms with van der Waals surface area (Å²) in [6, 6.07) is 75.8. The van der Waals surface area contributed by atoms with Gasteiger partial charge in [-0.2, -0.15) is 0 Å². The van der Waals surface area contributed by atoms with Crippen LogP contribution < -0.4 is 4.90 Å². The summed E-state index contributed by atoms with van der Waals surface area (Å²) in [5.41, 5.74) is 13.3. The lowest BCUT2D eigenvalue weighted by molar-refractivity contribution is 0.669. The maximum absolute atomic E-state index is 6.72. The molecule has 0 radical (unpaired) electrons. The van der Waals surface area contributed by atoms with Crippen molar-refractivity contribution >= 4 is 82.5 Å². The lowest BCUT2D eigenvalue weighted by atomic mass is 9.88. The second-order valence-corrected chi connectivity index (χ2v) is 15.2. The zero-order valence-corrected chi connectivity index (χ0v) is 32.0. The van der Waals surface area contributed by atoms with Crippen LogP contribution in [0.3, 0.4) is 0 Å². The minimum atomic E-state index is 0.836. The average molecular weight is 754 g/mol. The molecule has 0 saturated heterocycles. The monoisotopic (exact) mass is 753 g/mol. The first-order valence-corrected chi connectivity index (χ1v) is 20.1. The summed E-state index contributed by atoms with van der Waals surface area (Å²) in [6.07, 6.45) is 0. The Labute approximate surface area is 340 Å². The van der Waals surface area contributed by atoms with Gasteiger partial charge in [-0.25, -0.2) is 0 Å². The van der Waals surface area contributed by atoms with E-state index < -0.39 is 0 Å². The number of hydrogen-bond donors (Lipinski definition) is 0. The normalized spacial score (nSPS) is 11.7. The second kappa shape index (κ2) is 13.4. The molecule has 3 nitrogen and oxygen atoms in total. The Bertz CT molecular complexity index is 3580. The van der Waals surface area contributed by atoms with E-state index in [1.54, 1.807) is 0 Å². The van der Waals surface area contributed by atoms with Gasteiger partial charge in [0.1, 0.15) is 22.3 Å². The lowest BCUT2D eigenvalue weighted by Crippen LogP contribution is -2.13. The Kier molecular flexibility index (Phi) is 7.54. The third kappa shape index (κ3) is 5.29. The van der Waals surface area contributed by atoms with Gasteiger partial charge < -0.3 is 13.7 Å².